The van der Waals surface area contributed by atoms with Crippen LogP contribution in [-0.4, -0.2) is 11.3 Å². The van der Waals surface area contributed by atoms with Gasteiger partial charge in [0.15, 0.2) is 0 Å². The number of rotatable bonds is 4. The molecule has 0 heterocycles. The van der Waals surface area contributed by atoms with Gasteiger partial charge in [-0.3, -0.25) is 0 Å². The highest BCUT2D eigenvalue weighted by molar-refractivity contribution is 7.39. The Hall–Kier alpha value is 0.430. The van der Waals surface area contributed by atoms with E-state index in [2.05, 4.69) is 41.5 Å². The van der Waals surface area contributed by atoms with Crippen molar-refractivity contribution in [3.63, 3.8) is 0 Å². The molecule has 1 radical (unpaired) electrons. The summed E-state index contributed by atoms with van der Waals surface area (Å²) in [6.45, 7) is 14.8. The van der Waals surface area contributed by atoms with Gasteiger partial charge in [0.05, 0.1) is 0 Å². The molecule has 123 valence electrons. The Morgan fingerprint density at radius 2 is 1.05 bits per heavy atom. The van der Waals surface area contributed by atoms with Gasteiger partial charge in [-0.2, -0.15) is 0 Å². The summed E-state index contributed by atoms with van der Waals surface area (Å²) in [7, 11) is 1.84. The standard InChI is InChI=1S/C20H38P/c1-13(2)17-9-7-15(5)11-19(17)21-20-12-16(6)8-10-18(20)14(3)4/h13-20H,7-12H2,1-6H3. The first-order valence-corrected chi connectivity index (χ1v) is 10.6. The minimum absolute atomic E-state index is 0.883. The molecule has 2 saturated carbocycles. The summed E-state index contributed by atoms with van der Waals surface area (Å²) in [5, 5.41) is 0. The maximum atomic E-state index is 2.49. The number of hydrogen-bond donors (Lipinski definition) is 0. The highest BCUT2D eigenvalue weighted by Crippen LogP contribution is 2.51. The molecule has 0 nitrogen and oxygen atoms in total. The van der Waals surface area contributed by atoms with Crippen LogP contribution in [0.3, 0.4) is 0 Å². The summed E-state index contributed by atoms with van der Waals surface area (Å²) in [6, 6.07) is 0. The van der Waals surface area contributed by atoms with Crippen molar-refractivity contribution in [3.05, 3.63) is 0 Å². The van der Waals surface area contributed by atoms with Crippen molar-refractivity contribution >= 4 is 8.58 Å². The van der Waals surface area contributed by atoms with Crippen LogP contribution in [0.4, 0.5) is 0 Å². The van der Waals surface area contributed by atoms with E-state index in [-0.39, 0.29) is 0 Å². The molecule has 2 aliphatic rings. The Labute approximate surface area is 136 Å². The molecule has 0 aliphatic heterocycles. The quantitative estimate of drug-likeness (QED) is 0.498. The summed E-state index contributed by atoms with van der Waals surface area (Å²) >= 11 is 0. The molecule has 0 amide bonds. The van der Waals surface area contributed by atoms with Gasteiger partial charge < -0.3 is 0 Å². The molecule has 0 aromatic heterocycles. The van der Waals surface area contributed by atoms with Gasteiger partial charge in [-0.25, -0.2) is 0 Å². The Balaban J connectivity index is 2.04. The zero-order chi connectivity index (χ0) is 15.6. The minimum Gasteiger partial charge on any atom is -0.0735 e. The van der Waals surface area contributed by atoms with Gasteiger partial charge in [0.1, 0.15) is 0 Å². The van der Waals surface area contributed by atoms with Gasteiger partial charge in [-0.15, -0.1) is 0 Å². The lowest BCUT2D eigenvalue weighted by atomic mass is 9.76. The molecule has 6 unspecified atom stereocenters. The first kappa shape index (κ1) is 17.8. The molecule has 2 rings (SSSR count). The molecule has 6 atom stereocenters. The van der Waals surface area contributed by atoms with Gasteiger partial charge in [-0.1, -0.05) is 63.0 Å². The summed E-state index contributed by atoms with van der Waals surface area (Å²) in [5.74, 6) is 5.69. The van der Waals surface area contributed by atoms with Crippen molar-refractivity contribution in [1.29, 1.82) is 0 Å². The summed E-state index contributed by atoms with van der Waals surface area (Å²) < 4.78 is 0. The zero-order valence-corrected chi connectivity index (χ0v) is 16.2. The van der Waals surface area contributed by atoms with Crippen molar-refractivity contribution in [2.24, 2.45) is 35.5 Å². The molecule has 0 aromatic carbocycles. The van der Waals surface area contributed by atoms with Crippen molar-refractivity contribution in [2.75, 3.05) is 0 Å². The van der Waals surface area contributed by atoms with Crippen LogP contribution in [0.2, 0.25) is 0 Å². The van der Waals surface area contributed by atoms with Crippen LogP contribution in [0.5, 0.6) is 0 Å². The summed E-state index contributed by atoms with van der Waals surface area (Å²) in [4.78, 5) is 0. The minimum atomic E-state index is 0.883. The average molecular weight is 309 g/mol. The molecule has 0 bridgehead atoms. The second-order valence-electron chi connectivity index (χ2n) is 8.94. The molecule has 0 N–H and O–H groups in total. The Morgan fingerprint density at radius 1 is 0.667 bits per heavy atom. The van der Waals surface area contributed by atoms with E-state index in [1.54, 1.807) is 0 Å². The van der Waals surface area contributed by atoms with E-state index in [9.17, 15) is 0 Å². The topological polar surface area (TPSA) is 0 Å². The monoisotopic (exact) mass is 309 g/mol. The van der Waals surface area contributed by atoms with Crippen LogP contribution >= 0.6 is 8.58 Å². The highest BCUT2D eigenvalue weighted by atomic mass is 31.1. The first-order chi connectivity index (χ1) is 9.88. The van der Waals surface area contributed by atoms with E-state index >= 15 is 0 Å². The normalized spacial score (nSPS) is 42.3. The molecule has 21 heavy (non-hydrogen) atoms. The molecular weight excluding hydrogens is 271 g/mol. The van der Waals surface area contributed by atoms with E-state index in [0.29, 0.717) is 0 Å². The van der Waals surface area contributed by atoms with Crippen molar-refractivity contribution < 1.29 is 0 Å². The third kappa shape index (κ3) is 4.70. The van der Waals surface area contributed by atoms with Gasteiger partial charge >= 0.3 is 0 Å². The van der Waals surface area contributed by atoms with Crippen molar-refractivity contribution in [3.8, 4) is 0 Å². The van der Waals surface area contributed by atoms with Crippen LogP contribution in [0.1, 0.15) is 80.1 Å². The van der Waals surface area contributed by atoms with Crippen LogP contribution in [0, 0.1) is 35.5 Å². The SMILES string of the molecule is CC1CCC(C(C)C)C([P]C2CC(C)CCC2C(C)C)C1. The molecule has 2 aliphatic carbocycles. The van der Waals surface area contributed by atoms with Crippen LogP contribution in [0.25, 0.3) is 0 Å². The van der Waals surface area contributed by atoms with Crippen LogP contribution in [-0.2, 0) is 0 Å². The largest absolute Gasteiger partial charge is 0.0735 e. The first-order valence-electron chi connectivity index (χ1n) is 9.58. The fourth-order valence-electron chi connectivity index (χ4n) is 4.89. The molecule has 0 spiro atoms. The fourth-order valence-corrected chi connectivity index (χ4v) is 7.78. The summed E-state index contributed by atoms with van der Waals surface area (Å²) in [5.41, 5.74) is 1.98. The molecular formula is C20H38P. The van der Waals surface area contributed by atoms with Crippen LogP contribution in [0.15, 0.2) is 0 Å². The van der Waals surface area contributed by atoms with E-state index in [1.165, 1.54) is 38.5 Å². The second-order valence-corrected chi connectivity index (χ2v) is 10.6. The Bertz CT molecular complexity index is 279. The maximum Gasteiger partial charge on any atom is -0.0134 e. The highest BCUT2D eigenvalue weighted by Gasteiger charge is 2.37. The zero-order valence-electron chi connectivity index (χ0n) is 15.3. The lowest BCUT2D eigenvalue weighted by Crippen LogP contribution is -2.35. The molecule has 2 fully saturated rings. The van der Waals surface area contributed by atoms with E-state index in [0.717, 1.165) is 46.8 Å². The average Bonchev–Trinajstić information content (AvgIpc) is 2.38. The van der Waals surface area contributed by atoms with E-state index in [4.69, 9.17) is 0 Å². The van der Waals surface area contributed by atoms with Crippen LogP contribution < -0.4 is 0 Å². The van der Waals surface area contributed by atoms with Gasteiger partial charge in [0.25, 0.3) is 0 Å². The lowest BCUT2D eigenvalue weighted by molar-refractivity contribution is 0.226. The van der Waals surface area contributed by atoms with Crippen molar-refractivity contribution in [2.45, 2.75) is 91.4 Å². The third-order valence-corrected chi connectivity index (χ3v) is 8.31. The van der Waals surface area contributed by atoms with Gasteiger partial charge in [0.2, 0.25) is 0 Å². The fraction of sp³-hybridized carbons (Fsp3) is 1.00. The molecule has 0 aromatic rings. The predicted octanol–water partition coefficient (Wildman–Crippen LogP) is 6.85. The lowest BCUT2D eigenvalue weighted by Gasteiger charge is -2.43. The number of hydrogen-bond acceptors (Lipinski definition) is 0. The van der Waals surface area contributed by atoms with Crippen molar-refractivity contribution in [1.82, 2.24) is 0 Å². The summed E-state index contributed by atoms with van der Waals surface area (Å²) in [6.07, 6.45) is 8.93. The Kier molecular flexibility index (Phi) is 6.61. The smallest absolute Gasteiger partial charge is 0.0134 e. The predicted molar refractivity (Wildman–Crippen MR) is 97.2 cm³/mol. The second kappa shape index (κ2) is 7.81. The molecule has 1 heteroatoms. The maximum absolute atomic E-state index is 2.49. The van der Waals surface area contributed by atoms with E-state index < -0.39 is 0 Å². The third-order valence-electron chi connectivity index (χ3n) is 6.36. The molecule has 0 saturated heterocycles. The van der Waals surface area contributed by atoms with Gasteiger partial charge in [-0.05, 0) is 72.5 Å². The van der Waals surface area contributed by atoms with Gasteiger partial charge in [0, 0.05) is 0 Å². The Morgan fingerprint density at radius 3 is 1.38 bits per heavy atom. The van der Waals surface area contributed by atoms with E-state index in [1.807, 2.05) is 8.58 Å².